The molecule has 11 heteroatoms. The van der Waals surface area contributed by atoms with Crippen molar-refractivity contribution in [1.29, 1.82) is 0 Å². The van der Waals surface area contributed by atoms with Crippen LogP contribution < -0.4 is 11.1 Å². The van der Waals surface area contributed by atoms with Gasteiger partial charge in [-0.05, 0) is 25.0 Å². The number of halogens is 4. The summed E-state index contributed by atoms with van der Waals surface area (Å²) in [4.78, 5) is 3.10. The Bertz CT molecular complexity index is 910. The van der Waals surface area contributed by atoms with E-state index < -0.39 is 37.6 Å². The van der Waals surface area contributed by atoms with Crippen molar-refractivity contribution in [3.05, 3.63) is 39.3 Å². The molecule has 0 saturated heterocycles. The van der Waals surface area contributed by atoms with Crippen LogP contribution in [0.25, 0.3) is 0 Å². The SMILES string of the molecule is NCC(F)CCCCCCNc1cc(F)c(S(=O)(=O)Cc2ncc(F)s2)cc1Cl. The van der Waals surface area contributed by atoms with E-state index in [4.69, 9.17) is 17.3 Å². The smallest absolute Gasteiger partial charge is 0.196 e. The lowest BCUT2D eigenvalue weighted by Gasteiger charge is -2.11. The van der Waals surface area contributed by atoms with Crippen LogP contribution in [-0.2, 0) is 15.6 Å². The maximum Gasteiger partial charge on any atom is 0.196 e. The number of anilines is 1. The average Bonchev–Trinajstić information content (AvgIpc) is 3.06. The summed E-state index contributed by atoms with van der Waals surface area (Å²) in [6.07, 6.45) is 3.65. The molecule has 0 aliphatic heterocycles. The Hall–Kier alpha value is -1.36. The Morgan fingerprint density at radius 1 is 1.21 bits per heavy atom. The normalized spacial score (nSPS) is 12.9. The lowest BCUT2D eigenvalue weighted by molar-refractivity contribution is 0.312. The number of rotatable bonds is 12. The first-order valence-electron chi connectivity index (χ1n) is 9.13. The van der Waals surface area contributed by atoms with Gasteiger partial charge < -0.3 is 11.1 Å². The number of hydrogen-bond acceptors (Lipinski definition) is 6. The molecule has 0 saturated carbocycles. The Kier molecular flexibility index (Phi) is 9.19. The fourth-order valence-corrected chi connectivity index (χ4v) is 5.32. The zero-order chi connectivity index (χ0) is 21.4. The molecule has 0 spiro atoms. The number of sulfone groups is 1. The fraction of sp³-hybridized carbons (Fsp3) is 0.500. The number of aromatic nitrogens is 1. The van der Waals surface area contributed by atoms with Crippen molar-refractivity contribution in [2.75, 3.05) is 18.4 Å². The van der Waals surface area contributed by atoms with E-state index in [9.17, 15) is 21.6 Å². The second-order valence-electron chi connectivity index (χ2n) is 6.54. The molecule has 162 valence electrons. The van der Waals surface area contributed by atoms with Crippen LogP contribution in [0.1, 0.15) is 37.1 Å². The Morgan fingerprint density at radius 3 is 2.59 bits per heavy atom. The highest BCUT2D eigenvalue weighted by Gasteiger charge is 2.23. The van der Waals surface area contributed by atoms with Crippen molar-refractivity contribution in [2.45, 2.75) is 48.9 Å². The van der Waals surface area contributed by atoms with Crippen molar-refractivity contribution in [3.63, 3.8) is 0 Å². The summed E-state index contributed by atoms with van der Waals surface area (Å²) in [5.74, 6) is -1.55. The predicted molar refractivity (Wildman–Crippen MR) is 110 cm³/mol. The Morgan fingerprint density at radius 2 is 1.93 bits per heavy atom. The minimum absolute atomic E-state index is 0.0331. The van der Waals surface area contributed by atoms with Crippen LogP contribution in [0.15, 0.2) is 23.2 Å². The predicted octanol–water partition coefficient (Wildman–Crippen LogP) is 4.71. The van der Waals surface area contributed by atoms with Crippen molar-refractivity contribution in [3.8, 4) is 0 Å². The first-order valence-corrected chi connectivity index (χ1v) is 12.0. The van der Waals surface area contributed by atoms with E-state index in [0.29, 0.717) is 24.3 Å². The van der Waals surface area contributed by atoms with Gasteiger partial charge in [-0.3, -0.25) is 0 Å². The minimum atomic E-state index is -4.06. The number of nitrogens with two attached hydrogens (primary N) is 1. The largest absolute Gasteiger partial charge is 0.384 e. The van der Waals surface area contributed by atoms with Crippen LogP contribution in [0.3, 0.4) is 0 Å². The topological polar surface area (TPSA) is 85.1 Å². The van der Waals surface area contributed by atoms with E-state index in [-0.39, 0.29) is 22.3 Å². The van der Waals surface area contributed by atoms with Crippen molar-refractivity contribution in [1.82, 2.24) is 4.98 Å². The average molecular weight is 470 g/mol. The molecule has 0 radical (unpaired) electrons. The maximum absolute atomic E-state index is 14.4. The third-order valence-electron chi connectivity index (χ3n) is 4.21. The molecule has 3 N–H and O–H groups in total. The molecule has 1 heterocycles. The number of nitrogens with one attached hydrogen (secondary N) is 1. The van der Waals surface area contributed by atoms with E-state index in [2.05, 4.69) is 10.3 Å². The van der Waals surface area contributed by atoms with Crippen LogP contribution in [-0.4, -0.2) is 32.7 Å². The molecule has 1 atom stereocenters. The first-order chi connectivity index (χ1) is 13.7. The van der Waals surface area contributed by atoms with Crippen LogP contribution in [0, 0.1) is 10.9 Å². The molecule has 1 aromatic carbocycles. The quantitative estimate of drug-likeness (QED) is 0.440. The number of benzene rings is 1. The molecule has 1 aromatic heterocycles. The van der Waals surface area contributed by atoms with Crippen LogP contribution in [0.5, 0.6) is 0 Å². The van der Waals surface area contributed by atoms with Gasteiger partial charge in [0.15, 0.2) is 15.0 Å². The maximum atomic E-state index is 14.4. The van der Waals surface area contributed by atoms with E-state index in [0.717, 1.165) is 44.0 Å². The summed E-state index contributed by atoms with van der Waals surface area (Å²) in [5.41, 5.74) is 5.51. The molecule has 29 heavy (non-hydrogen) atoms. The van der Waals surface area contributed by atoms with Gasteiger partial charge >= 0.3 is 0 Å². The zero-order valence-electron chi connectivity index (χ0n) is 15.6. The molecule has 0 aliphatic carbocycles. The highest BCUT2D eigenvalue weighted by molar-refractivity contribution is 7.90. The molecule has 2 aromatic rings. The van der Waals surface area contributed by atoms with Crippen LogP contribution >= 0.6 is 22.9 Å². The second-order valence-corrected chi connectivity index (χ2v) is 9.97. The lowest BCUT2D eigenvalue weighted by Crippen LogP contribution is -2.14. The van der Waals surface area contributed by atoms with Gasteiger partial charge in [-0.25, -0.2) is 22.2 Å². The van der Waals surface area contributed by atoms with Crippen molar-refractivity contribution < 1.29 is 21.6 Å². The highest BCUT2D eigenvalue weighted by Crippen LogP contribution is 2.30. The minimum Gasteiger partial charge on any atom is -0.384 e. The van der Waals surface area contributed by atoms with Crippen molar-refractivity contribution in [2.24, 2.45) is 5.73 Å². The Balaban J connectivity index is 1.90. The molecular weight excluding hydrogens is 447 g/mol. The third-order valence-corrected chi connectivity index (χ3v) is 7.13. The van der Waals surface area contributed by atoms with Gasteiger partial charge in [-0.15, -0.1) is 0 Å². The molecule has 0 aliphatic rings. The van der Waals surface area contributed by atoms with Gasteiger partial charge in [0.25, 0.3) is 0 Å². The number of alkyl halides is 1. The number of unbranched alkanes of at least 4 members (excludes halogenated alkanes) is 3. The van der Waals surface area contributed by atoms with Crippen LogP contribution in [0.2, 0.25) is 5.02 Å². The molecule has 0 bridgehead atoms. The lowest BCUT2D eigenvalue weighted by atomic mass is 10.1. The second kappa shape index (κ2) is 11.1. The van der Waals surface area contributed by atoms with Gasteiger partial charge in [0.05, 0.1) is 16.9 Å². The van der Waals surface area contributed by atoms with Gasteiger partial charge in [-0.1, -0.05) is 42.2 Å². The molecule has 0 amide bonds. The van der Waals surface area contributed by atoms with E-state index >= 15 is 0 Å². The highest BCUT2D eigenvalue weighted by atomic mass is 35.5. The van der Waals surface area contributed by atoms with Gasteiger partial charge in [0.1, 0.15) is 27.6 Å². The Labute approximate surface area is 177 Å². The third kappa shape index (κ3) is 7.44. The van der Waals surface area contributed by atoms with Gasteiger partial charge in [0.2, 0.25) is 0 Å². The monoisotopic (exact) mass is 469 g/mol. The summed E-state index contributed by atoms with van der Waals surface area (Å²) in [6.45, 7) is 0.553. The van der Waals surface area contributed by atoms with E-state index in [1.165, 1.54) is 0 Å². The molecule has 5 nitrogen and oxygen atoms in total. The van der Waals surface area contributed by atoms with E-state index in [1.807, 2.05) is 0 Å². The molecular formula is C18H23ClF3N3O2S2. The summed E-state index contributed by atoms with van der Waals surface area (Å²) < 4.78 is 65.2. The first kappa shape index (κ1) is 23.9. The zero-order valence-corrected chi connectivity index (χ0v) is 18.0. The molecule has 0 fully saturated rings. The molecule has 1 unspecified atom stereocenters. The fourth-order valence-electron chi connectivity index (χ4n) is 2.68. The summed E-state index contributed by atoms with van der Waals surface area (Å²) in [7, 11) is -4.06. The summed E-state index contributed by atoms with van der Waals surface area (Å²) in [5, 5.41) is 2.46. The van der Waals surface area contributed by atoms with Gasteiger partial charge in [0, 0.05) is 13.1 Å². The number of nitrogens with zero attached hydrogens (tertiary/aromatic N) is 1. The van der Waals surface area contributed by atoms with Crippen molar-refractivity contribution >= 4 is 38.5 Å². The van der Waals surface area contributed by atoms with Crippen LogP contribution in [0.4, 0.5) is 18.9 Å². The standard InChI is InChI=1S/C18H23ClF3N3O2S2/c19-13-7-16(29(26,27)11-18-25-10-17(22)28-18)14(21)8-15(13)24-6-4-2-1-3-5-12(20)9-23/h7-8,10,12,24H,1-6,9,11,23H2. The van der Waals surface area contributed by atoms with Gasteiger partial charge in [-0.2, -0.15) is 4.39 Å². The summed E-state index contributed by atoms with van der Waals surface area (Å²) >= 11 is 6.70. The number of thiazole rings is 1. The van der Waals surface area contributed by atoms with E-state index in [1.54, 1.807) is 0 Å². The molecule has 2 rings (SSSR count). The number of hydrogen-bond donors (Lipinski definition) is 2. The summed E-state index contributed by atoms with van der Waals surface area (Å²) in [6, 6.07) is 2.08.